The largest absolute Gasteiger partial charge is 0.465 e. The molecular weight excluding hydrogens is 344 g/mol. The van der Waals surface area contributed by atoms with Crippen molar-refractivity contribution in [2.24, 2.45) is 0 Å². The first kappa shape index (κ1) is 17.2. The van der Waals surface area contributed by atoms with E-state index in [-0.39, 0.29) is 12.2 Å². The van der Waals surface area contributed by atoms with Gasteiger partial charge in [0, 0.05) is 12.2 Å². The number of ether oxygens (including phenoxy) is 2. The van der Waals surface area contributed by atoms with Crippen molar-refractivity contribution in [3.63, 3.8) is 0 Å². The number of rotatable bonds is 5. The molecule has 0 unspecified atom stereocenters. The molecule has 7 nitrogen and oxygen atoms in total. The van der Waals surface area contributed by atoms with Crippen LogP contribution in [-0.2, 0) is 16.0 Å². The molecule has 0 N–H and O–H groups in total. The minimum absolute atomic E-state index is 0.233. The summed E-state index contributed by atoms with van der Waals surface area (Å²) >= 11 is 0. The quantitative estimate of drug-likeness (QED) is 0.648. The number of para-hydroxylation sites is 1. The van der Waals surface area contributed by atoms with Crippen LogP contribution in [0.25, 0.3) is 0 Å². The third-order valence-electron chi connectivity index (χ3n) is 4.51. The Morgan fingerprint density at radius 2 is 1.96 bits per heavy atom. The van der Waals surface area contributed by atoms with E-state index in [0.29, 0.717) is 18.7 Å². The SMILES string of the molecule is COC(=O)c1ccc(Cn2cc([C@H]3OCCN3c3ccccc3)nn2)cc1. The predicted molar refractivity (Wildman–Crippen MR) is 99.4 cm³/mol. The zero-order valence-corrected chi connectivity index (χ0v) is 15.0. The van der Waals surface area contributed by atoms with Crippen LogP contribution in [0.4, 0.5) is 5.69 Å². The van der Waals surface area contributed by atoms with E-state index in [9.17, 15) is 4.79 Å². The maximum Gasteiger partial charge on any atom is 0.337 e. The Labute approximate surface area is 157 Å². The fourth-order valence-corrected chi connectivity index (χ4v) is 3.15. The second-order valence-corrected chi connectivity index (χ2v) is 6.28. The van der Waals surface area contributed by atoms with Gasteiger partial charge < -0.3 is 14.4 Å². The Morgan fingerprint density at radius 1 is 1.19 bits per heavy atom. The summed E-state index contributed by atoms with van der Waals surface area (Å²) in [4.78, 5) is 13.7. The van der Waals surface area contributed by atoms with Gasteiger partial charge in [0.15, 0.2) is 6.23 Å². The van der Waals surface area contributed by atoms with Crippen LogP contribution in [0.3, 0.4) is 0 Å². The van der Waals surface area contributed by atoms with Crippen molar-refractivity contribution in [2.75, 3.05) is 25.2 Å². The lowest BCUT2D eigenvalue weighted by Gasteiger charge is -2.23. The molecule has 3 aromatic rings. The van der Waals surface area contributed by atoms with E-state index in [0.717, 1.165) is 23.5 Å². The van der Waals surface area contributed by atoms with Gasteiger partial charge in [-0.05, 0) is 29.8 Å². The van der Waals surface area contributed by atoms with Gasteiger partial charge in [0.05, 0.1) is 32.0 Å². The van der Waals surface area contributed by atoms with Crippen LogP contribution in [0, 0.1) is 0 Å². The summed E-state index contributed by atoms with van der Waals surface area (Å²) < 4.78 is 12.4. The molecular formula is C20H20N4O3. The van der Waals surface area contributed by atoms with Gasteiger partial charge in [-0.3, -0.25) is 0 Å². The highest BCUT2D eigenvalue weighted by Gasteiger charge is 2.29. The van der Waals surface area contributed by atoms with Crippen LogP contribution in [0.5, 0.6) is 0 Å². The maximum atomic E-state index is 11.5. The Bertz CT molecular complexity index is 908. The van der Waals surface area contributed by atoms with Crippen molar-refractivity contribution in [3.05, 3.63) is 77.6 Å². The first-order valence-electron chi connectivity index (χ1n) is 8.75. The minimum atomic E-state index is -0.344. The number of benzene rings is 2. The molecule has 0 spiro atoms. The molecule has 0 amide bonds. The molecule has 7 heteroatoms. The highest BCUT2D eigenvalue weighted by atomic mass is 16.5. The van der Waals surface area contributed by atoms with Crippen LogP contribution in [0.2, 0.25) is 0 Å². The summed E-state index contributed by atoms with van der Waals surface area (Å²) in [5, 5.41) is 8.53. The highest BCUT2D eigenvalue weighted by molar-refractivity contribution is 5.89. The molecule has 27 heavy (non-hydrogen) atoms. The van der Waals surface area contributed by atoms with Gasteiger partial charge in [-0.2, -0.15) is 0 Å². The summed E-state index contributed by atoms with van der Waals surface area (Å²) in [6.45, 7) is 2.03. The van der Waals surface area contributed by atoms with Crippen LogP contribution >= 0.6 is 0 Å². The standard InChI is InChI=1S/C20H20N4O3/c1-26-20(25)16-9-7-15(8-10-16)13-23-14-18(21-22-23)19-24(11-12-27-19)17-5-3-2-4-6-17/h2-10,14,19H,11-13H2,1H3/t19-/m1/s1. The van der Waals surface area contributed by atoms with Gasteiger partial charge in [0.1, 0.15) is 5.69 Å². The van der Waals surface area contributed by atoms with E-state index in [1.54, 1.807) is 16.8 Å². The van der Waals surface area contributed by atoms with Gasteiger partial charge in [0.2, 0.25) is 0 Å². The molecule has 1 atom stereocenters. The summed E-state index contributed by atoms with van der Waals surface area (Å²) in [6, 6.07) is 17.4. The second kappa shape index (κ2) is 7.59. The lowest BCUT2D eigenvalue weighted by Crippen LogP contribution is -2.23. The number of methoxy groups -OCH3 is 1. The molecule has 1 saturated heterocycles. The highest BCUT2D eigenvalue weighted by Crippen LogP contribution is 2.30. The normalized spacial score (nSPS) is 16.5. The Hall–Kier alpha value is -3.19. The fraction of sp³-hybridized carbons (Fsp3) is 0.250. The zero-order valence-electron chi connectivity index (χ0n) is 15.0. The molecule has 0 saturated carbocycles. The number of hydrogen-bond acceptors (Lipinski definition) is 6. The Balaban J connectivity index is 1.47. The molecule has 138 valence electrons. The van der Waals surface area contributed by atoms with E-state index in [1.807, 2.05) is 36.5 Å². The monoisotopic (exact) mass is 364 g/mol. The van der Waals surface area contributed by atoms with Gasteiger partial charge in [-0.25, -0.2) is 9.48 Å². The number of carbonyl (C=O) groups excluding carboxylic acids is 1. The molecule has 0 bridgehead atoms. The summed E-state index contributed by atoms with van der Waals surface area (Å²) in [5.74, 6) is -0.344. The number of aromatic nitrogens is 3. The number of hydrogen-bond donors (Lipinski definition) is 0. The first-order valence-corrected chi connectivity index (χ1v) is 8.75. The van der Waals surface area contributed by atoms with Gasteiger partial charge in [-0.15, -0.1) is 5.10 Å². The molecule has 1 aliphatic heterocycles. The van der Waals surface area contributed by atoms with Crippen molar-refractivity contribution in [2.45, 2.75) is 12.8 Å². The molecule has 2 aromatic carbocycles. The van der Waals surface area contributed by atoms with Crippen molar-refractivity contribution in [1.29, 1.82) is 0 Å². The molecule has 1 fully saturated rings. The van der Waals surface area contributed by atoms with Crippen LogP contribution in [0.1, 0.15) is 27.8 Å². The van der Waals surface area contributed by atoms with E-state index < -0.39 is 0 Å². The smallest absolute Gasteiger partial charge is 0.337 e. The fourth-order valence-electron chi connectivity index (χ4n) is 3.15. The number of nitrogens with zero attached hydrogens (tertiary/aromatic N) is 4. The summed E-state index contributed by atoms with van der Waals surface area (Å²) in [5.41, 5.74) is 3.43. The average Bonchev–Trinajstić information content (AvgIpc) is 3.38. The topological polar surface area (TPSA) is 69.5 Å². The molecule has 1 aliphatic rings. The second-order valence-electron chi connectivity index (χ2n) is 6.28. The third-order valence-corrected chi connectivity index (χ3v) is 4.51. The number of esters is 1. The lowest BCUT2D eigenvalue weighted by atomic mass is 10.1. The predicted octanol–water partition coefficient (Wildman–Crippen LogP) is 2.65. The van der Waals surface area contributed by atoms with Gasteiger partial charge >= 0.3 is 5.97 Å². The van der Waals surface area contributed by atoms with Crippen LogP contribution in [-0.4, -0.2) is 41.2 Å². The van der Waals surface area contributed by atoms with Crippen molar-refractivity contribution in [1.82, 2.24) is 15.0 Å². The zero-order chi connectivity index (χ0) is 18.6. The van der Waals surface area contributed by atoms with Gasteiger partial charge in [0.25, 0.3) is 0 Å². The van der Waals surface area contributed by atoms with Crippen molar-refractivity contribution < 1.29 is 14.3 Å². The molecule has 2 heterocycles. The number of carbonyl (C=O) groups is 1. The van der Waals surface area contributed by atoms with Crippen molar-refractivity contribution in [3.8, 4) is 0 Å². The van der Waals surface area contributed by atoms with Gasteiger partial charge in [-0.1, -0.05) is 35.5 Å². The molecule has 0 radical (unpaired) electrons. The minimum Gasteiger partial charge on any atom is -0.465 e. The summed E-state index contributed by atoms with van der Waals surface area (Å²) in [6.07, 6.45) is 1.67. The molecule has 4 rings (SSSR count). The maximum absolute atomic E-state index is 11.5. The van der Waals surface area contributed by atoms with E-state index in [2.05, 4.69) is 27.3 Å². The molecule has 1 aromatic heterocycles. The van der Waals surface area contributed by atoms with Crippen molar-refractivity contribution >= 4 is 11.7 Å². The third kappa shape index (κ3) is 3.68. The Morgan fingerprint density at radius 3 is 2.70 bits per heavy atom. The summed E-state index contributed by atoms with van der Waals surface area (Å²) in [7, 11) is 1.37. The van der Waals surface area contributed by atoms with Crippen LogP contribution < -0.4 is 4.90 Å². The average molecular weight is 364 g/mol. The lowest BCUT2D eigenvalue weighted by molar-refractivity contribution is 0.0600. The van der Waals surface area contributed by atoms with E-state index in [1.165, 1.54) is 7.11 Å². The van der Waals surface area contributed by atoms with E-state index >= 15 is 0 Å². The molecule has 0 aliphatic carbocycles. The first-order chi connectivity index (χ1) is 13.2. The Kier molecular flexibility index (Phi) is 4.84. The number of anilines is 1. The van der Waals surface area contributed by atoms with E-state index in [4.69, 9.17) is 9.47 Å². The van der Waals surface area contributed by atoms with Crippen LogP contribution in [0.15, 0.2) is 60.8 Å².